The van der Waals surface area contributed by atoms with Crippen molar-refractivity contribution in [1.82, 2.24) is 15.2 Å². The zero-order valence-electron chi connectivity index (χ0n) is 13.1. The molecule has 3 amide bonds. The van der Waals surface area contributed by atoms with Crippen LogP contribution >= 0.6 is 0 Å². The zero-order valence-corrected chi connectivity index (χ0v) is 13.1. The number of amides is 3. The molecule has 0 aromatic carbocycles. The topological polar surface area (TPSA) is 98.9 Å². The number of rotatable bonds is 3. The molecule has 1 atom stereocenters. The minimum atomic E-state index is -0.353. The van der Waals surface area contributed by atoms with E-state index < -0.39 is 0 Å². The van der Waals surface area contributed by atoms with Gasteiger partial charge >= 0.3 is 6.03 Å². The Kier molecular flexibility index (Phi) is 4.40. The van der Waals surface area contributed by atoms with Crippen LogP contribution in [0.5, 0.6) is 0 Å². The number of carbonyl (C=O) groups excluding carboxylic acids is 2. The minimum Gasteiger partial charge on any atom is -0.352 e. The smallest absolute Gasteiger partial charge is 0.320 e. The van der Waals surface area contributed by atoms with E-state index in [1.165, 1.54) is 0 Å². The Balaban J connectivity index is 1.98. The molecule has 0 radical (unpaired) electrons. The summed E-state index contributed by atoms with van der Waals surface area (Å²) in [6.45, 7) is 6.36. The number of aromatic nitrogens is 1. The van der Waals surface area contributed by atoms with Crippen molar-refractivity contribution in [1.29, 1.82) is 5.26 Å². The van der Waals surface area contributed by atoms with Gasteiger partial charge in [-0.1, -0.05) is 0 Å². The second-order valence-corrected chi connectivity index (χ2v) is 6.40. The third-order valence-electron chi connectivity index (χ3n) is 3.51. The maximum absolute atomic E-state index is 12.0. The molecule has 2 rings (SSSR count). The van der Waals surface area contributed by atoms with Gasteiger partial charge < -0.3 is 15.2 Å². The van der Waals surface area contributed by atoms with Gasteiger partial charge in [0.25, 0.3) is 0 Å². The summed E-state index contributed by atoms with van der Waals surface area (Å²) in [6, 6.07) is 3.35. The van der Waals surface area contributed by atoms with E-state index in [0.717, 1.165) is 6.42 Å². The second-order valence-electron chi connectivity index (χ2n) is 6.40. The van der Waals surface area contributed by atoms with Crippen LogP contribution in [0.1, 0.15) is 39.2 Å². The van der Waals surface area contributed by atoms with E-state index in [-0.39, 0.29) is 23.5 Å². The third kappa shape index (κ3) is 3.79. The summed E-state index contributed by atoms with van der Waals surface area (Å²) in [5.74, 6) is 0.587. The molecule has 1 aliphatic heterocycles. The van der Waals surface area contributed by atoms with Gasteiger partial charge in [-0.2, -0.15) is 5.26 Å². The van der Waals surface area contributed by atoms with E-state index in [1.54, 1.807) is 12.3 Å². The number of nitrogens with zero attached hydrogens (tertiary/aromatic N) is 2. The van der Waals surface area contributed by atoms with Crippen molar-refractivity contribution < 1.29 is 9.59 Å². The average molecular weight is 303 g/mol. The molecule has 1 aromatic rings. The van der Waals surface area contributed by atoms with Crippen molar-refractivity contribution >= 4 is 17.8 Å². The van der Waals surface area contributed by atoms with Crippen molar-refractivity contribution in [2.75, 3.05) is 11.9 Å². The van der Waals surface area contributed by atoms with E-state index in [2.05, 4.69) is 22.0 Å². The average Bonchev–Trinajstić information content (AvgIpc) is 3.02. The first-order valence-corrected chi connectivity index (χ1v) is 7.27. The first-order valence-electron chi connectivity index (χ1n) is 7.27. The predicted molar refractivity (Wildman–Crippen MR) is 82.3 cm³/mol. The standard InChI is InChI=1S/C15H21N5O2/c1-15(2,3)20-9-10(7-16)6-12(20)19-14(22)17-8-11-4-5-13(21)18-11/h6,9,11H,4-5,8H2,1-3H3,(H,18,21)(H2,17,19,22). The van der Waals surface area contributed by atoms with E-state index in [0.29, 0.717) is 24.3 Å². The molecule has 0 aliphatic carbocycles. The van der Waals surface area contributed by atoms with Crippen molar-refractivity contribution in [2.45, 2.75) is 45.2 Å². The van der Waals surface area contributed by atoms with Crippen LogP contribution in [-0.2, 0) is 10.3 Å². The van der Waals surface area contributed by atoms with Gasteiger partial charge in [0.05, 0.1) is 5.56 Å². The Morgan fingerprint density at radius 1 is 1.55 bits per heavy atom. The summed E-state index contributed by atoms with van der Waals surface area (Å²) in [5.41, 5.74) is 0.241. The normalized spacial score (nSPS) is 17.7. The minimum absolute atomic E-state index is 0.0117. The molecule has 7 heteroatoms. The number of nitriles is 1. The fourth-order valence-corrected chi connectivity index (χ4v) is 2.38. The molecular formula is C15H21N5O2. The van der Waals surface area contributed by atoms with Gasteiger partial charge in [-0.15, -0.1) is 0 Å². The fraction of sp³-hybridized carbons (Fsp3) is 0.533. The number of carbonyl (C=O) groups is 2. The largest absolute Gasteiger partial charge is 0.352 e. The lowest BCUT2D eigenvalue weighted by Gasteiger charge is -2.24. The highest BCUT2D eigenvalue weighted by Crippen LogP contribution is 2.23. The lowest BCUT2D eigenvalue weighted by Crippen LogP contribution is -2.40. The Morgan fingerprint density at radius 3 is 2.82 bits per heavy atom. The maximum Gasteiger partial charge on any atom is 0.320 e. The molecule has 0 saturated carbocycles. The molecule has 1 fully saturated rings. The number of nitrogens with one attached hydrogen (secondary N) is 3. The molecule has 0 bridgehead atoms. The van der Waals surface area contributed by atoms with Crippen LogP contribution in [0.15, 0.2) is 12.3 Å². The van der Waals surface area contributed by atoms with Gasteiger partial charge in [0.2, 0.25) is 5.91 Å². The summed E-state index contributed by atoms with van der Waals surface area (Å²) < 4.78 is 1.85. The number of anilines is 1. The molecule has 1 unspecified atom stereocenters. The van der Waals surface area contributed by atoms with Crippen molar-refractivity contribution in [3.63, 3.8) is 0 Å². The van der Waals surface area contributed by atoms with Crippen LogP contribution in [0, 0.1) is 11.3 Å². The molecular weight excluding hydrogens is 282 g/mol. The highest BCUT2D eigenvalue weighted by molar-refractivity contribution is 5.89. The number of hydrogen-bond acceptors (Lipinski definition) is 3. The third-order valence-corrected chi connectivity index (χ3v) is 3.51. The summed E-state index contributed by atoms with van der Waals surface area (Å²) >= 11 is 0. The number of urea groups is 1. The van der Waals surface area contributed by atoms with Crippen molar-refractivity contribution in [3.8, 4) is 6.07 Å². The fourth-order valence-electron chi connectivity index (χ4n) is 2.38. The van der Waals surface area contributed by atoms with Crippen LogP contribution < -0.4 is 16.0 Å². The molecule has 3 N–H and O–H groups in total. The lowest BCUT2D eigenvalue weighted by atomic mass is 10.1. The molecule has 0 spiro atoms. The first kappa shape index (κ1) is 15.9. The predicted octanol–water partition coefficient (Wildman–Crippen LogP) is 1.51. The summed E-state index contributed by atoms with van der Waals surface area (Å²) in [7, 11) is 0. The van der Waals surface area contributed by atoms with Crippen molar-refractivity contribution in [3.05, 3.63) is 17.8 Å². The Morgan fingerprint density at radius 2 is 2.27 bits per heavy atom. The molecule has 22 heavy (non-hydrogen) atoms. The Labute approximate surface area is 129 Å². The van der Waals surface area contributed by atoms with Crippen LogP contribution in [0.4, 0.5) is 10.6 Å². The van der Waals surface area contributed by atoms with Crippen LogP contribution in [0.3, 0.4) is 0 Å². The molecule has 2 heterocycles. The Bertz CT molecular complexity index is 621. The van der Waals surface area contributed by atoms with Gasteiger partial charge in [-0.3, -0.25) is 10.1 Å². The lowest BCUT2D eigenvalue weighted by molar-refractivity contribution is -0.119. The first-order chi connectivity index (χ1) is 10.3. The van der Waals surface area contributed by atoms with E-state index in [1.807, 2.05) is 25.3 Å². The SMILES string of the molecule is CC(C)(C)n1cc(C#N)cc1NC(=O)NCC1CCC(=O)N1. The van der Waals surface area contributed by atoms with Crippen LogP contribution in [-0.4, -0.2) is 29.1 Å². The molecule has 118 valence electrons. The Hall–Kier alpha value is -2.49. The number of hydrogen-bond donors (Lipinski definition) is 3. The molecule has 1 aromatic heterocycles. The molecule has 1 aliphatic rings. The van der Waals surface area contributed by atoms with Gasteiger partial charge in [0.15, 0.2) is 0 Å². The van der Waals surface area contributed by atoms with Gasteiger partial charge in [-0.25, -0.2) is 4.79 Å². The second kappa shape index (κ2) is 6.10. The van der Waals surface area contributed by atoms with E-state index in [9.17, 15) is 9.59 Å². The molecule has 7 nitrogen and oxygen atoms in total. The molecule has 1 saturated heterocycles. The summed E-state index contributed by atoms with van der Waals surface area (Å²) in [4.78, 5) is 23.1. The maximum atomic E-state index is 12.0. The van der Waals surface area contributed by atoms with Crippen molar-refractivity contribution in [2.24, 2.45) is 0 Å². The summed E-state index contributed by atoms with van der Waals surface area (Å²) in [5, 5.41) is 17.3. The van der Waals surface area contributed by atoms with Crippen LogP contribution in [0.2, 0.25) is 0 Å². The van der Waals surface area contributed by atoms with Crippen LogP contribution in [0.25, 0.3) is 0 Å². The highest BCUT2D eigenvalue weighted by Gasteiger charge is 2.22. The van der Waals surface area contributed by atoms with E-state index >= 15 is 0 Å². The summed E-state index contributed by atoms with van der Waals surface area (Å²) in [6.07, 6.45) is 2.95. The zero-order chi connectivity index (χ0) is 16.3. The van der Waals surface area contributed by atoms with Gasteiger partial charge in [-0.05, 0) is 33.3 Å². The van der Waals surface area contributed by atoms with Gasteiger partial charge in [0.1, 0.15) is 11.9 Å². The van der Waals surface area contributed by atoms with Gasteiger partial charge in [0, 0.05) is 30.7 Å². The quantitative estimate of drug-likeness (QED) is 0.789. The van der Waals surface area contributed by atoms with E-state index in [4.69, 9.17) is 5.26 Å². The highest BCUT2D eigenvalue weighted by atomic mass is 16.2. The monoisotopic (exact) mass is 303 g/mol.